The van der Waals surface area contributed by atoms with E-state index in [4.69, 9.17) is 11.6 Å². The molecule has 7 heteroatoms. The first-order chi connectivity index (χ1) is 9.92. The molecule has 0 radical (unpaired) electrons. The summed E-state index contributed by atoms with van der Waals surface area (Å²) in [5.74, 6) is 0. The molecule has 0 aliphatic carbocycles. The van der Waals surface area contributed by atoms with Crippen LogP contribution in [0.25, 0.3) is 0 Å². The van der Waals surface area contributed by atoms with Crippen molar-refractivity contribution in [1.82, 2.24) is 9.71 Å². The number of nitrogens with zero attached hydrogens (tertiary/aromatic N) is 1. The highest BCUT2D eigenvalue weighted by Gasteiger charge is 2.20. The second-order valence-corrected chi connectivity index (χ2v) is 7.54. The molecule has 1 unspecified atom stereocenters. The van der Waals surface area contributed by atoms with Gasteiger partial charge in [0.05, 0.1) is 0 Å². The van der Waals surface area contributed by atoms with Gasteiger partial charge >= 0.3 is 0 Å². The average Bonchev–Trinajstić information content (AvgIpc) is 2.46. The van der Waals surface area contributed by atoms with Crippen LogP contribution < -0.4 is 4.72 Å². The minimum absolute atomic E-state index is 0.129. The first-order valence-corrected chi connectivity index (χ1v) is 8.96. The number of hydrogen-bond acceptors (Lipinski definition) is 3. The summed E-state index contributed by atoms with van der Waals surface area (Å²) in [6, 6.07) is 8.33. The van der Waals surface area contributed by atoms with E-state index in [2.05, 4.69) is 25.6 Å². The summed E-state index contributed by atoms with van der Waals surface area (Å²) in [5, 5.41) is 0.618. The standard InChI is InChI=1S/C14H14BrClN2O2S/c1-2-14(10-3-5-12(16)6-4-10)18-21(19,20)13-7-11(15)8-17-9-13/h3-9,14,18H,2H2,1H3. The highest BCUT2D eigenvalue weighted by Crippen LogP contribution is 2.22. The lowest BCUT2D eigenvalue weighted by Crippen LogP contribution is -2.28. The summed E-state index contributed by atoms with van der Waals surface area (Å²) >= 11 is 9.08. The molecule has 0 saturated heterocycles. The zero-order chi connectivity index (χ0) is 15.5. The van der Waals surface area contributed by atoms with Crippen molar-refractivity contribution in [3.63, 3.8) is 0 Å². The van der Waals surface area contributed by atoms with E-state index in [0.29, 0.717) is 15.9 Å². The van der Waals surface area contributed by atoms with E-state index in [9.17, 15) is 8.42 Å². The van der Waals surface area contributed by atoms with Crippen LogP contribution in [0.4, 0.5) is 0 Å². The average molecular weight is 390 g/mol. The zero-order valence-corrected chi connectivity index (χ0v) is 14.4. The Balaban J connectivity index is 2.27. The van der Waals surface area contributed by atoms with Gasteiger partial charge in [-0.3, -0.25) is 4.98 Å². The Morgan fingerprint density at radius 3 is 2.52 bits per heavy atom. The highest BCUT2D eigenvalue weighted by atomic mass is 79.9. The third-order valence-electron chi connectivity index (χ3n) is 2.97. The Kier molecular flexibility index (Phi) is 5.37. The fourth-order valence-electron chi connectivity index (χ4n) is 1.88. The quantitative estimate of drug-likeness (QED) is 0.843. The van der Waals surface area contributed by atoms with E-state index in [0.717, 1.165) is 5.56 Å². The largest absolute Gasteiger partial charge is 0.262 e. The van der Waals surface area contributed by atoms with Crippen LogP contribution in [0.15, 0.2) is 52.1 Å². The van der Waals surface area contributed by atoms with Crippen molar-refractivity contribution >= 4 is 37.6 Å². The molecule has 112 valence electrons. The molecule has 1 heterocycles. The molecule has 0 amide bonds. The molecule has 2 aromatic rings. The van der Waals surface area contributed by atoms with Crippen LogP contribution in [0.3, 0.4) is 0 Å². The number of hydrogen-bond donors (Lipinski definition) is 1. The first kappa shape index (κ1) is 16.4. The Morgan fingerprint density at radius 2 is 1.95 bits per heavy atom. The molecule has 4 nitrogen and oxygen atoms in total. The maximum atomic E-state index is 12.4. The molecule has 1 atom stereocenters. The number of aromatic nitrogens is 1. The fourth-order valence-corrected chi connectivity index (χ4v) is 3.81. The van der Waals surface area contributed by atoms with Crippen molar-refractivity contribution in [3.05, 3.63) is 57.8 Å². The third-order valence-corrected chi connectivity index (χ3v) is 5.09. The maximum absolute atomic E-state index is 12.4. The SMILES string of the molecule is CCC(NS(=O)(=O)c1cncc(Br)c1)c1ccc(Cl)cc1. The van der Waals surface area contributed by atoms with Crippen LogP contribution in [-0.4, -0.2) is 13.4 Å². The van der Waals surface area contributed by atoms with Gasteiger partial charge in [0.15, 0.2) is 0 Å². The molecule has 0 aliphatic rings. The lowest BCUT2D eigenvalue weighted by Gasteiger charge is -2.17. The number of nitrogens with one attached hydrogen (secondary N) is 1. The number of rotatable bonds is 5. The Morgan fingerprint density at radius 1 is 1.29 bits per heavy atom. The van der Waals surface area contributed by atoms with E-state index < -0.39 is 10.0 Å². The molecule has 1 aromatic heterocycles. The Bertz CT molecular complexity index is 720. The second kappa shape index (κ2) is 6.87. The summed E-state index contributed by atoms with van der Waals surface area (Å²) in [5.41, 5.74) is 0.869. The van der Waals surface area contributed by atoms with Crippen molar-refractivity contribution in [3.8, 4) is 0 Å². The topological polar surface area (TPSA) is 59.1 Å². The Labute approximate surface area is 137 Å². The van der Waals surface area contributed by atoms with Crippen LogP contribution in [0.1, 0.15) is 24.9 Å². The van der Waals surface area contributed by atoms with Gasteiger partial charge in [0.25, 0.3) is 0 Å². The van der Waals surface area contributed by atoms with Crippen molar-refractivity contribution < 1.29 is 8.42 Å². The van der Waals surface area contributed by atoms with Crippen LogP contribution >= 0.6 is 27.5 Å². The van der Waals surface area contributed by atoms with Crippen LogP contribution in [-0.2, 0) is 10.0 Å². The van der Waals surface area contributed by atoms with Gasteiger partial charge in [-0.2, -0.15) is 0 Å². The van der Waals surface area contributed by atoms with Gasteiger partial charge in [-0.25, -0.2) is 13.1 Å². The van der Waals surface area contributed by atoms with E-state index >= 15 is 0 Å². The van der Waals surface area contributed by atoms with Crippen LogP contribution in [0.2, 0.25) is 5.02 Å². The maximum Gasteiger partial charge on any atom is 0.242 e. The minimum Gasteiger partial charge on any atom is -0.262 e. The van der Waals surface area contributed by atoms with E-state index in [-0.39, 0.29) is 10.9 Å². The van der Waals surface area contributed by atoms with Gasteiger partial charge in [0.1, 0.15) is 4.90 Å². The summed E-state index contributed by atoms with van der Waals surface area (Å²) in [6.45, 7) is 1.92. The molecule has 21 heavy (non-hydrogen) atoms. The van der Waals surface area contributed by atoms with Gasteiger partial charge in [0, 0.05) is 27.9 Å². The summed E-state index contributed by atoms with van der Waals surface area (Å²) in [4.78, 5) is 4.01. The minimum atomic E-state index is -3.63. The third kappa shape index (κ3) is 4.26. The smallest absolute Gasteiger partial charge is 0.242 e. The van der Waals surface area contributed by atoms with Crippen LogP contribution in [0, 0.1) is 0 Å². The molecule has 0 fully saturated rings. The summed E-state index contributed by atoms with van der Waals surface area (Å²) < 4.78 is 28.1. The van der Waals surface area contributed by atoms with Crippen molar-refractivity contribution in [1.29, 1.82) is 0 Å². The van der Waals surface area contributed by atoms with E-state index in [1.165, 1.54) is 18.5 Å². The molecule has 0 aliphatic heterocycles. The molecular weight excluding hydrogens is 376 g/mol. The highest BCUT2D eigenvalue weighted by molar-refractivity contribution is 9.10. The molecular formula is C14H14BrClN2O2S. The number of pyridine rings is 1. The van der Waals surface area contributed by atoms with Crippen molar-refractivity contribution in [2.75, 3.05) is 0 Å². The predicted octanol–water partition coefficient (Wildman–Crippen LogP) is 3.93. The van der Waals surface area contributed by atoms with Gasteiger partial charge in [0.2, 0.25) is 10.0 Å². The van der Waals surface area contributed by atoms with Gasteiger partial charge in [-0.1, -0.05) is 30.7 Å². The molecule has 0 bridgehead atoms. The molecule has 0 saturated carbocycles. The normalized spacial score (nSPS) is 13.1. The first-order valence-electron chi connectivity index (χ1n) is 6.30. The number of sulfonamides is 1. The van der Waals surface area contributed by atoms with Crippen LogP contribution in [0.5, 0.6) is 0 Å². The lowest BCUT2D eigenvalue weighted by molar-refractivity contribution is 0.549. The monoisotopic (exact) mass is 388 g/mol. The second-order valence-electron chi connectivity index (χ2n) is 4.47. The van der Waals surface area contributed by atoms with Gasteiger partial charge in [-0.05, 0) is 46.1 Å². The van der Waals surface area contributed by atoms with E-state index in [1.807, 2.05) is 19.1 Å². The molecule has 2 rings (SSSR count). The molecule has 1 aromatic carbocycles. The van der Waals surface area contributed by atoms with Crippen molar-refractivity contribution in [2.45, 2.75) is 24.3 Å². The predicted molar refractivity (Wildman–Crippen MR) is 86.7 cm³/mol. The summed E-state index contributed by atoms with van der Waals surface area (Å²) in [7, 11) is -3.63. The Hall–Kier alpha value is -0.950. The van der Waals surface area contributed by atoms with Crippen molar-refractivity contribution in [2.24, 2.45) is 0 Å². The molecule has 1 N–H and O–H groups in total. The number of benzene rings is 1. The van der Waals surface area contributed by atoms with Gasteiger partial charge < -0.3 is 0 Å². The molecule has 0 spiro atoms. The summed E-state index contributed by atoms with van der Waals surface area (Å²) in [6.07, 6.45) is 3.49. The number of halogens is 2. The fraction of sp³-hybridized carbons (Fsp3) is 0.214. The lowest BCUT2D eigenvalue weighted by atomic mass is 10.1. The van der Waals surface area contributed by atoms with E-state index in [1.54, 1.807) is 12.1 Å². The zero-order valence-electron chi connectivity index (χ0n) is 11.3. The van der Waals surface area contributed by atoms with Gasteiger partial charge in [-0.15, -0.1) is 0 Å².